The van der Waals surface area contributed by atoms with E-state index in [9.17, 15) is 0 Å². The van der Waals surface area contributed by atoms with Crippen molar-refractivity contribution in [3.63, 3.8) is 0 Å². The lowest BCUT2D eigenvalue weighted by molar-refractivity contribution is 0.482. The van der Waals surface area contributed by atoms with E-state index in [1.807, 2.05) is 0 Å². The van der Waals surface area contributed by atoms with Crippen molar-refractivity contribution >= 4 is 0 Å². The van der Waals surface area contributed by atoms with E-state index in [1.54, 1.807) is 0 Å². The molecule has 0 aliphatic heterocycles. The van der Waals surface area contributed by atoms with Crippen LogP contribution in [0.5, 0.6) is 11.5 Å². The maximum atomic E-state index is 6.10. The smallest absolute Gasteiger partial charge is 0.127 e. The second-order valence-electron chi connectivity index (χ2n) is 11.3. The summed E-state index contributed by atoms with van der Waals surface area (Å²) in [7, 11) is 0. The highest BCUT2D eigenvalue weighted by atomic mass is 16.5. The summed E-state index contributed by atoms with van der Waals surface area (Å²) >= 11 is 0. The average Bonchev–Trinajstić information content (AvgIpc) is 2.92. The Morgan fingerprint density at radius 3 is 0.919 bits per heavy atom. The minimum atomic E-state index is 0.939. The Hall–Kier alpha value is -1.76. The molecule has 0 aromatic heterocycles. The normalized spacial score (nSPS) is 11.2. The highest BCUT2D eigenvalue weighted by Crippen LogP contribution is 2.23. The fourth-order valence-corrected chi connectivity index (χ4v) is 5.22. The summed E-state index contributed by atoms with van der Waals surface area (Å²) in [5, 5.41) is 0. The Balaban J connectivity index is 1.51. The number of ether oxygens (including phenoxy) is 1. The van der Waals surface area contributed by atoms with Gasteiger partial charge in [-0.05, 0) is 61.1 Å². The Labute approximate surface area is 230 Å². The number of hydrogen-bond donors (Lipinski definition) is 0. The predicted molar refractivity (Wildman–Crippen MR) is 164 cm³/mol. The molecule has 0 unspecified atom stereocenters. The molecule has 37 heavy (non-hydrogen) atoms. The number of unbranched alkanes of at least 4 members (excludes halogenated alkanes) is 18. The van der Waals surface area contributed by atoms with Crippen molar-refractivity contribution in [1.29, 1.82) is 0 Å². The van der Waals surface area contributed by atoms with Crippen LogP contribution in [0.25, 0.3) is 0 Å². The number of benzene rings is 2. The molecule has 1 heteroatoms. The van der Waals surface area contributed by atoms with Crippen LogP contribution in [-0.2, 0) is 12.8 Å². The SMILES string of the molecule is CCCCCCCCCCCCc1ccc(Oc2ccc(CCCCCCCCCCCC)cc2)cc1. The van der Waals surface area contributed by atoms with Gasteiger partial charge in [-0.15, -0.1) is 0 Å². The Kier molecular flexibility index (Phi) is 18.9. The van der Waals surface area contributed by atoms with Crippen LogP contribution in [0, 0.1) is 0 Å². The molecular weight excluding hydrogens is 448 g/mol. The lowest BCUT2D eigenvalue weighted by atomic mass is 10.0. The molecule has 2 rings (SSSR count). The maximum absolute atomic E-state index is 6.10. The summed E-state index contributed by atoms with van der Waals surface area (Å²) in [5.41, 5.74) is 2.86. The summed E-state index contributed by atoms with van der Waals surface area (Å²) < 4.78 is 6.10. The van der Waals surface area contributed by atoms with Gasteiger partial charge in [-0.2, -0.15) is 0 Å². The van der Waals surface area contributed by atoms with E-state index in [-0.39, 0.29) is 0 Å². The van der Waals surface area contributed by atoms with Crippen LogP contribution in [0.1, 0.15) is 153 Å². The molecule has 0 N–H and O–H groups in total. The van der Waals surface area contributed by atoms with Crippen LogP contribution in [0.4, 0.5) is 0 Å². The third kappa shape index (κ3) is 16.6. The van der Waals surface area contributed by atoms with E-state index in [0.717, 1.165) is 11.5 Å². The highest BCUT2D eigenvalue weighted by Gasteiger charge is 2.01. The van der Waals surface area contributed by atoms with Crippen molar-refractivity contribution in [2.45, 2.75) is 155 Å². The first-order valence-corrected chi connectivity index (χ1v) is 16.2. The van der Waals surface area contributed by atoms with Crippen molar-refractivity contribution in [2.24, 2.45) is 0 Å². The van der Waals surface area contributed by atoms with Gasteiger partial charge in [0.25, 0.3) is 0 Å². The molecule has 2 aromatic carbocycles. The van der Waals surface area contributed by atoms with E-state index < -0.39 is 0 Å². The van der Waals surface area contributed by atoms with Gasteiger partial charge in [-0.25, -0.2) is 0 Å². The van der Waals surface area contributed by atoms with Gasteiger partial charge in [0.15, 0.2) is 0 Å². The molecule has 0 amide bonds. The molecule has 0 spiro atoms. The summed E-state index contributed by atoms with van der Waals surface area (Å²) in [6, 6.07) is 17.5. The first-order valence-electron chi connectivity index (χ1n) is 16.2. The highest BCUT2D eigenvalue weighted by molar-refractivity contribution is 5.34. The lowest BCUT2D eigenvalue weighted by Gasteiger charge is -2.08. The summed E-state index contributed by atoms with van der Waals surface area (Å²) in [4.78, 5) is 0. The third-order valence-corrected chi connectivity index (χ3v) is 7.72. The van der Waals surface area contributed by atoms with E-state index in [0.29, 0.717) is 0 Å². The average molecular weight is 507 g/mol. The Morgan fingerprint density at radius 2 is 0.622 bits per heavy atom. The molecule has 0 saturated carbocycles. The van der Waals surface area contributed by atoms with Gasteiger partial charge >= 0.3 is 0 Å². The standard InChI is InChI=1S/C36H58O/c1-3-5-7-9-11-13-15-17-19-21-23-33-25-29-35(30-26-33)37-36-31-27-34(28-32-36)24-22-20-18-16-14-12-10-8-6-4-2/h25-32H,3-24H2,1-2H3. The second-order valence-corrected chi connectivity index (χ2v) is 11.3. The zero-order chi connectivity index (χ0) is 26.2. The monoisotopic (exact) mass is 506 g/mol. The molecule has 1 nitrogen and oxygen atoms in total. The van der Waals surface area contributed by atoms with Crippen LogP contribution in [0.3, 0.4) is 0 Å². The number of aryl methyl sites for hydroxylation is 2. The van der Waals surface area contributed by atoms with Crippen LogP contribution >= 0.6 is 0 Å². The van der Waals surface area contributed by atoms with Crippen LogP contribution in [-0.4, -0.2) is 0 Å². The molecule has 0 aliphatic carbocycles. The largest absolute Gasteiger partial charge is 0.457 e. The van der Waals surface area contributed by atoms with Gasteiger partial charge in [0, 0.05) is 0 Å². The Bertz CT molecular complexity index is 680. The summed E-state index contributed by atoms with van der Waals surface area (Å²) in [5.74, 6) is 1.88. The summed E-state index contributed by atoms with van der Waals surface area (Å²) in [6.07, 6.45) is 30.3. The predicted octanol–water partition coefficient (Wildman–Crippen LogP) is 12.4. The van der Waals surface area contributed by atoms with E-state index in [2.05, 4.69) is 62.4 Å². The fourth-order valence-electron chi connectivity index (χ4n) is 5.22. The molecule has 0 saturated heterocycles. The molecule has 0 fully saturated rings. The van der Waals surface area contributed by atoms with Crippen molar-refractivity contribution < 1.29 is 4.74 Å². The van der Waals surface area contributed by atoms with Crippen molar-refractivity contribution in [2.75, 3.05) is 0 Å². The first-order chi connectivity index (χ1) is 18.3. The quantitative estimate of drug-likeness (QED) is 0.129. The van der Waals surface area contributed by atoms with Gasteiger partial charge in [-0.1, -0.05) is 154 Å². The zero-order valence-corrected chi connectivity index (χ0v) is 24.6. The van der Waals surface area contributed by atoms with Crippen molar-refractivity contribution in [3.05, 3.63) is 59.7 Å². The van der Waals surface area contributed by atoms with Gasteiger partial charge in [0.2, 0.25) is 0 Å². The fraction of sp³-hybridized carbons (Fsp3) is 0.667. The van der Waals surface area contributed by atoms with Gasteiger partial charge in [0.1, 0.15) is 11.5 Å². The molecule has 0 radical (unpaired) electrons. The molecule has 0 atom stereocenters. The van der Waals surface area contributed by atoms with E-state index >= 15 is 0 Å². The minimum absolute atomic E-state index is 0.939. The number of hydrogen-bond acceptors (Lipinski definition) is 1. The van der Waals surface area contributed by atoms with Gasteiger partial charge in [0.05, 0.1) is 0 Å². The van der Waals surface area contributed by atoms with E-state index in [1.165, 1.54) is 152 Å². The third-order valence-electron chi connectivity index (χ3n) is 7.72. The molecule has 2 aromatic rings. The zero-order valence-electron chi connectivity index (χ0n) is 24.6. The van der Waals surface area contributed by atoms with E-state index in [4.69, 9.17) is 4.74 Å². The first kappa shape index (κ1) is 31.5. The molecule has 208 valence electrons. The van der Waals surface area contributed by atoms with Gasteiger partial charge < -0.3 is 4.74 Å². The summed E-state index contributed by atoms with van der Waals surface area (Å²) in [6.45, 7) is 4.58. The molecule has 0 aliphatic rings. The Morgan fingerprint density at radius 1 is 0.351 bits per heavy atom. The molecular formula is C36H58O. The number of rotatable bonds is 24. The second kappa shape index (κ2) is 22.2. The lowest BCUT2D eigenvalue weighted by Crippen LogP contribution is -1.90. The minimum Gasteiger partial charge on any atom is -0.457 e. The topological polar surface area (TPSA) is 9.23 Å². The maximum Gasteiger partial charge on any atom is 0.127 e. The van der Waals surface area contributed by atoms with Crippen molar-refractivity contribution in [1.82, 2.24) is 0 Å². The van der Waals surface area contributed by atoms with Crippen LogP contribution < -0.4 is 4.74 Å². The molecule has 0 heterocycles. The molecule has 0 bridgehead atoms. The van der Waals surface area contributed by atoms with Gasteiger partial charge in [-0.3, -0.25) is 0 Å². The van der Waals surface area contributed by atoms with Crippen molar-refractivity contribution in [3.8, 4) is 11.5 Å². The van der Waals surface area contributed by atoms with Crippen LogP contribution in [0.15, 0.2) is 48.5 Å². The van der Waals surface area contributed by atoms with Crippen LogP contribution in [0.2, 0.25) is 0 Å².